The van der Waals surface area contributed by atoms with Crippen molar-refractivity contribution in [1.82, 2.24) is 19.9 Å². The van der Waals surface area contributed by atoms with E-state index in [2.05, 4.69) is 20.3 Å². The van der Waals surface area contributed by atoms with Crippen molar-refractivity contribution in [2.45, 2.75) is 19.3 Å². The van der Waals surface area contributed by atoms with Crippen molar-refractivity contribution in [3.05, 3.63) is 71.6 Å². The van der Waals surface area contributed by atoms with Crippen LogP contribution in [0.15, 0.2) is 60.4 Å². The maximum atomic E-state index is 12.6. The van der Waals surface area contributed by atoms with E-state index in [1.165, 1.54) is 11.3 Å². The summed E-state index contributed by atoms with van der Waals surface area (Å²) in [6.45, 7) is 1.58. The summed E-state index contributed by atoms with van der Waals surface area (Å²) in [5.41, 5.74) is 2.02. The van der Waals surface area contributed by atoms with E-state index in [1.807, 2.05) is 52.8 Å². The zero-order chi connectivity index (χ0) is 19.9. The van der Waals surface area contributed by atoms with E-state index in [9.17, 15) is 4.79 Å². The molecule has 7 heteroatoms. The highest BCUT2D eigenvalue weighted by Gasteiger charge is 2.23. The Kier molecular flexibility index (Phi) is 6.26. The standard InChI is InChI=1S/C22H23N5OS/c28-21(9-8-17-5-2-1-3-6-17)27-11-4-7-18(15-27)13-19-14-20(25-16-24-19)26-22-23-10-12-29-22/h1-3,5-6,8-10,12,14,16,18H,4,7,11,13,15H2,(H,23,24,25,26). The van der Waals surface area contributed by atoms with E-state index in [4.69, 9.17) is 0 Å². The normalized spacial score (nSPS) is 16.8. The van der Waals surface area contributed by atoms with Gasteiger partial charge in [0.1, 0.15) is 12.1 Å². The fraction of sp³-hybridized carbons (Fsp3) is 0.273. The minimum absolute atomic E-state index is 0.0763. The fourth-order valence-corrected chi connectivity index (χ4v) is 4.07. The molecule has 4 rings (SSSR count). The second-order valence-corrected chi connectivity index (χ2v) is 7.99. The van der Waals surface area contributed by atoms with Gasteiger partial charge in [0.25, 0.3) is 0 Å². The highest BCUT2D eigenvalue weighted by molar-refractivity contribution is 7.13. The molecule has 1 atom stereocenters. The molecule has 6 nitrogen and oxygen atoms in total. The number of carbonyl (C=O) groups is 1. The van der Waals surface area contributed by atoms with Crippen LogP contribution in [0.5, 0.6) is 0 Å². The SMILES string of the molecule is O=C(C=Cc1ccccc1)N1CCCC(Cc2cc(Nc3nccs3)ncn2)C1. The van der Waals surface area contributed by atoms with Crippen molar-refractivity contribution >= 4 is 34.3 Å². The van der Waals surface area contributed by atoms with Crippen LogP contribution < -0.4 is 5.32 Å². The van der Waals surface area contributed by atoms with Gasteiger partial charge in [-0.25, -0.2) is 15.0 Å². The number of nitrogens with one attached hydrogen (secondary N) is 1. The van der Waals surface area contributed by atoms with Crippen LogP contribution in [0.25, 0.3) is 6.08 Å². The molecule has 0 aliphatic carbocycles. The molecule has 1 N–H and O–H groups in total. The quantitative estimate of drug-likeness (QED) is 0.623. The Morgan fingerprint density at radius 2 is 2.14 bits per heavy atom. The Balaban J connectivity index is 1.35. The summed E-state index contributed by atoms with van der Waals surface area (Å²) in [5.74, 6) is 1.23. The first-order chi connectivity index (χ1) is 14.3. The van der Waals surface area contributed by atoms with Gasteiger partial charge in [-0.3, -0.25) is 4.79 Å². The number of rotatable bonds is 6. The van der Waals surface area contributed by atoms with Gasteiger partial charge in [0.2, 0.25) is 5.91 Å². The van der Waals surface area contributed by atoms with Crippen LogP contribution in [0.2, 0.25) is 0 Å². The summed E-state index contributed by atoms with van der Waals surface area (Å²) < 4.78 is 0. The predicted octanol–water partition coefficient (Wildman–Crippen LogP) is 4.17. The molecule has 0 saturated carbocycles. The summed E-state index contributed by atoms with van der Waals surface area (Å²) in [5, 5.41) is 5.94. The highest BCUT2D eigenvalue weighted by atomic mass is 32.1. The van der Waals surface area contributed by atoms with Crippen LogP contribution in [0.4, 0.5) is 10.9 Å². The van der Waals surface area contributed by atoms with Crippen LogP contribution in [-0.4, -0.2) is 38.8 Å². The third-order valence-corrected chi connectivity index (χ3v) is 5.63. The van der Waals surface area contributed by atoms with Crippen LogP contribution in [-0.2, 0) is 11.2 Å². The van der Waals surface area contributed by atoms with E-state index >= 15 is 0 Å². The maximum absolute atomic E-state index is 12.6. The molecule has 0 radical (unpaired) electrons. The van der Waals surface area contributed by atoms with Crippen LogP contribution >= 0.6 is 11.3 Å². The number of aromatic nitrogens is 3. The molecular formula is C22H23N5OS. The molecule has 1 aliphatic heterocycles. The minimum atomic E-state index is 0.0763. The number of thiazole rings is 1. The number of anilines is 2. The average molecular weight is 406 g/mol. The number of hydrogen-bond donors (Lipinski definition) is 1. The van der Waals surface area contributed by atoms with Crippen molar-refractivity contribution in [2.75, 3.05) is 18.4 Å². The van der Waals surface area contributed by atoms with E-state index in [0.29, 0.717) is 5.92 Å². The van der Waals surface area contributed by atoms with Crippen molar-refractivity contribution < 1.29 is 4.79 Å². The minimum Gasteiger partial charge on any atom is -0.339 e. The number of benzene rings is 1. The van der Waals surface area contributed by atoms with E-state index in [0.717, 1.165) is 54.6 Å². The van der Waals surface area contributed by atoms with Gasteiger partial charge in [0.05, 0.1) is 0 Å². The molecule has 1 fully saturated rings. The van der Waals surface area contributed by atoms with Crippen molar-refractivity contribution in [2.24, 2.45) is 5.92 Å². The first-order valence-electron chi connectivity index (χ1n) is 9.76. The van der Waals surface area contributed by atoms with Gasteiger partial charge in [-0.05, 0) is 36.8 Å². The molecule has 2 aromatic heterocycles. The Hall–Kier alpha value is -3.06. The van der Waals surface area contributed by atoms with Crippen molar-refractivity contribution in [3.63, 3.8) is 0 Å². The second kappa shape index (κ2) is 9.43. The molecule has 148 valence electrons. The summed E-state index contributed by atoms with van der Waals surface area (Å²) in [4.78, 5) is 27.5. The third-order valence-electron chi connectivity index (χ3n) is 4.94. The lowest BCUT2D eigenvalue weighted by Gasteiger charge is -2.32. The molecule has 1 amide bonds. The molecule has 3 heterocycles. The average Bonchev–Trinajstić information content (AvgIpc) is 3.26. The maximum Gasteiger partial charge on any atom is 0.246 e. The van der Waals surface area contributed by atoms with Gasteiger partial charge in [0.15, 0.2) is 5.13 Å². The highest BCUT2D eigenvalue weighted by Crippen LogP contribution is 2.22. The molecule has 1 aliphatic rings. The number of nitrogens with zero attached hydrogens (tertiary/aromatic N) is 4. The lowest BCUT2D eigenvalue weighted by molar-refractivity contribution is -0.127. The monoisotopic (exact) mass is 405 g/mol. The molecule has 3 aromatic rings. The lowest BCUT2D eigenvalue weighted by Crippen LogP contribution is -2.39. The Morgan fingerprint density at radius 3 is 2.97 bits per heavy atom. The molecule has 29 heavy (non-hydrogen) atoms. The molecule has 1 saturated heterocycles. The number of likely N-dealkylation sites (tertiary alicyclic amines) is 1. The van der Waals surface area contributed by atoms with E-state index < -0.39 is 0 Å². The summed E-state index contributed by atoms with van der Waals surface area (Å²) in [6.07, 6.45) is 9.86. The van der Waals surface area contributed by atoms with Gasteiger partial charge in [-0.1, -0.05) is 30.3 Å². The molecular weight excluding hydrogens is 382 g/mol. The van der Waals surface area contributed by atoms with Gasteiger partial charge in [-0.2, -0.15) is 0 Å². The molecule has 1 unspecified atom stereocenters. The predicted molar refractivity (Wildman–Crippen MR) is 116 cm³/mol. The molecule has 0 bridgehead atoms. The Morgan fingerprint density at radius 1 is 1.24 bits per heavy atom. The van der Waals surface area contributed by atoms with Gasteiger partial charge >= 0.3 is 0 Å². The Bertz CT molecular complexity index is 958. The van der Waals surface area contributed by atoms with E-state index in [-0.39, 0.29) is 5.91 Å². The van der Waals surface area contributed by atoms with Crippen LogP contribution in [0.3, 0.4) is 0 Å². The summed E-state index contributed by atoms with van der Waals surface area (Å²) in [6, 6.07) is 11.9. The fourth-order valence-electron chi connectivity index (χ4n) is 3.54. The van der Waals surface area contributed by atoms with Crippen LogP contribution in [0, 0.1) is 5.92 Å². The van der Waals surface area contributed by atoms with Gasteiger partial charge in [0, 0.05) is 42.5 Å². The molecule has 1 aromatic carbocycles. The lowest BCUT2D eigenvalue weighted by atomic mass is 9.93. The first-order valence-corrected chi connectivity index (χ1v) is 10.6. The summed E-state index contributed by atoms with van der Waals surface area (Å²) >= 11 is 1.53. The number of carbonyl (C=O) groups excluding carboxylic acids is 1. The van der Waals surface area contributed by atoms with Crippen molar-refractivity contribution in [3.8, 4) is 0 Å². The molecule has 0 spiro atoms. The largest absolute Gasteiger partial charge is 0.339 e. The second-order valence-electron chi connectivity index (χ2n) is 7.10. The van der Waals surface area contributed by atoms with Crippen molar-refractivity contribution in [1.29, 1.82) is 0 Å². The zero-order valence-electron chi connectivity index (χ0n) is 16.1. The smallest absolute Gasteiger partial charge is 0.246 e. The first kappa shape index (κ1) is 19.3. The van der Waals surface area contributed by atoms with Gasteiger partial charge in [-0.15, -0.1) is 11.3 Å². The Labute approximate surface area is 174 Å². The summed E-state index contributed by atoms with van der Waals surface area (Å²) in [7, 11) is 0. The van der Waals surface area contributed by atoms with E-state index in [1.54, 1.807) is 18.6 Å². The zero-order valence-corrected chi connectivity index (χ0v) is 16.9. The number of piperidine rings is 1. The third kappa shape index (κ3) is 5.48. The van der Waals surface area contributed by atoms with Crippen LogP contribution in [0.1, 0.15) is 24.1 Å². The van der Waals surface area contributed by atoms with Gasteiger partial charge < -0.3 is 10.2 Å². The topological polar surface area (TPSA) is 71.0 Å². The number of hydrogen-bond acceptors (Lipinski definition) is 6. The number of amides is 1.